The SMILES string of the molecule is CC(=O)NCC(=O)N/C(=C\SC/C=C(\C)CC/C=C(\C)CCC=C(C)C)C(=O)O. The van der Waals surface area contributed by atoms with Crippen LogP contribution < -0.4 is 10.6 Å². The number of hydrogen-bond donors (Lipinski definition) is 3. The van der Waals surface area contributed by atoms with Crippen molar-refractivity contribution in [1.29, 1.82) is 0 Å². The van der Waals surface area contributed by atoms with Crippen molar-refractivity contribution in [3.8, 4) is 0 Å². The Balaban J connectivity index is 4.37. The summed E-state index contributed by atoms with van der Waals surface area (Å²) in [5.74, 6) is -1.53. The van der Waals surface area contributed by atoms with Crippen molar-refractivity contribution in [2.75, 3.05) is 12.3 Å². The van der Waals surface area contributed by atoms with Crippen LogP contribution >= 0.6 is 11.8 Å². The van der Waals surface area contributed by atoms with E-state index in [4.69, 9.17) is 5.11 Å². The molecule has 0 atom stereocenters. The molecule has 0 radical (unpaired) electrons. The van der Waals surface area contributed by atoms with Gasteiger partial charge in [0.05, 0.1) is 6.54 Å². The lowest BCUT2D eigenvalue weighted by Gasteiger charge is -2.06. The molecule has 162 valence electrons. The number of amides is 2. The highest BCUT2D eigenvalue weighted by Crippen LogP contribution is 2.13. The molecule has 0 aromatic heterocycles. The van der Waals surface area contributed by atoms with E-state index in [1.165, 1.54) is 40.8 Å². The van der Waals surface area contributed by atoms with E-state index in [9.17, 15) is 14.4 Å². The van der Waals surface area contributed by atoms with Crippen LogP contribution in [-0.4, -0.2) is 35.2 Å². The second-order valence-corrected chi connectivity index (χ2v) is 7.99. The van der Waals surface area contributed by atoms with Gasteiger partial charge in [-0.1, -0.05) is 34.9 Å². The fourth-order valence-corrected chi connectivity index (χ4v) is 3.00. The molecule has 0 aliphatic heterocycles. The zero-order valence-electron chi connectivity index (χ0n) is 18.1. The Morgan fingerprint density at radius 2 is 1.48 bits per heavy atom. The highest BCUT2D eigenvalue weighted by Gasteiger charge is 2.11. The summed E-state index contributed by atoms with van der Waals surface area (Å²) in [4.78, 5) is 33.6. The molecule has 0 saturated heterocycles. The molecule has 0 aliphatic carbocycles. The fourth-order valence-electron chi connectivity index (χ4n) is 2.19. The van der Waals surface area contributed by atoms with Crippen LogP contribution in [0.15, 0.2) is 46.1 Å². The van der Waals surface area contributed by atoms with E-state index in [0.29, 0.717) is 5.75 Å². The summed E-state index contributed by atoms with van der Waals surface area (Å²) in [7, 11) is 0. The molecule has 7 heteroatoms. The maximum absolute atomic E-state index is 11.6. The van der Waals surface area contributed by atoms with Gasteiger partial charge in [0, 0.05) is 18.1 Å². The lowest BCUT2D eigenvalue weighted by molar-refractivity contribution is -0.134. The number of rotatable bonds is 13. The van der Waals surface area contributed by atoms with E-state index < -0.39 is 11.9 Å². The maximum atomic E-state index is 11.6. The molecule has 0 heterocycles. The molecule has 29 heavy (non-hydrogen) atoms. The highest BCUT2D eigenvalue weighted by atomic mass is 32.2. The number of carboxylic acid groups (broad SMARTS) is 1. The Morgan fingerprint density at radius 1 is 0.897 bits per heavy atom. The Kier molecular flexibility index (Phi) is 14.4. The second kappa shape index (κ2) is 15.6. The number of thioether (sulfide) groups is 1. The van der Waals surface area contributed by atoms with E-state index in [1.54, 1.807) is 0 Å². The van der Waals surface area contributed by atoms with E-state index >= 15 is 0 Å². The van der Waals surface area contributed by atoms with Crippen LogP contribution in [0.2, 0.25) is 0 Å². The summed E-state index contributed by atoms with van der Waals surface area (Å²) in [6.45, 7) is 9.47. The van der Waals surface area contributed by atoms with E-state index in [1.807, 2.05) is 0 Å². The summed E-state index contributed by atoms with van der Waals surface area (Å²) in [5, 5.41) is 15.2. The van der Waals surface area contributed by atoms with Gasteiger partial charge in [0.2, 0.25) is 11.8 Å². The topological polar surface area (TPSA) is 95.5 Å². The third-order valence-corrected chi connectivity index (χ3v) is 4.62. The van der Waals surface area contributed by atoms with Gasteiger partial charge >= 0.3 is 5.97 Å². The monoisotopic (exact) mass is 422 g/mol. The van der Waals surface area contributed by atoms with Crippen molar-refractivity contribution < 1.29 is 19.5 Å². The normalized spacial score (nSPS) is 12.4. The third-order valence-electron chi connectivity index (χ3n) is 3.85. The Bertz CT molecular complexity index is 687. The third kappa shape index (κ3) is 16.4. The minimum absolute atomic E-state index is 0.202. The van der Waals surface area contributed by atoms with E-state index in [2.05, 4.69) is 56.6 Å². The average molecular weight is 423 g/mol. The number of allylic oxidation sites excluding steroid dienone is 5. The predicted octanol–water partition coefficient (Wildman–Crippen LogP) is 4.32. The molecular formula is C22H34N2O4S. The van der Waals surface area contributed by atoms with Gasteiger partial charge in [-0.3, -0.25) is 9.59 Å². The number of nitrogens with one attached hydrogen (secondary N) is 2. The quantitative estimate of drug-likeness (QED) is 0.233. The van der Waals surface area contributed by atoms with Crippen LogP contribution in [0.3, 0.4) is 0 Å². The summed E-state index contributed by atoms with van der Waals surface area (Å²) in [6.07, 6.45) is 10.7. The Hall–Kier alpha value is -2.28. The van der Waals surface area contributed by atoms with Crippen LogP contribution in [0.5, 0.6) is 0 Å². The van der Waals surface area contributed by atoms with Crippen LogP contribution in [-0.2, 0) is 14.4 Å². The Morgan fingerprint density at radius 3 is 2.03 bits per heavy atom. The van der Waals surface area contributed by atoms with Gasteiger partial charge in [-0.05, 0) is 53.4 Å². The first-order chi connectivity index (χ1) is 13.6. The van der Waals surface area contributed by atoms with Gasteiger partial charge in [-0.15, -0.1) is 11.8 Å². The summed E-state index contributed by atoms with van der Waals surface area (Å²) < 4.78 is 0. The molecule has 3 N–H and O–H groups in total. The van der Waals surface area contributed by atoms with E-state index in [0.717, 1.165) is 25.7 Å². The Labute approximate surface area is 178 Å². The zero-order chi connectivity index (χ0) is 22.2. The standard InChI is InChI=1S/C22H34N2O4S/c1-16(2)8-6-9-17(3)10-7-11-18(4)12-13-29-15-20(22(27)28)24-21(26)14-23-19(5)25/h8,10,12,15H,6-7,9,11,13-14H2,1-5H3,(H,23,25)(H,24,26)(H,27,28)/b17-10+,18-12+,20-15-. The molecule has 0 spiro atoms. The molecule has 6 nitrogen and oxygen atoms in total. The smallest absolute Gasteiger partial charge is 0.352 e. The number of aliphatic carboxylic acids is 1. The predicted molar refractivity (Wildman–Crippen MR) is 120 cm³/mol. The van der Waals surface area contributed by atoms with Crippen LogP contribution in [0, 0.1) is 0 Å². The molecular weight excluding hydrogens is 388 g/mol. The molecule has 0 aromatic carbocycles. The van der Waals surface area contributed by atoms with Crippen molar-refractivity contribution >= 4 is 29.5 Å². The van der Waals surface area contributed by atoms with E-state index in [-0.39, 0.29) is 18.1 Å². The fraction of sp³-hybridized carbons (Fsp3) is 0.500. The van der Waals surface area contributed by atoms with Gasteiger partial charge in [0.1, 0.15) is 5.70 Å². The zero-order valence-corrected chi connectivity index (χ0v) is 18.9. The van der Waals surface area contributed by atoms with Crippen molar-refractivity contribution in [1.82, 2.24) is 10.6 Å². The first-order valence-electron chi connectivity index (χ1n) is 9.65. The van der Waals surface area contributed by atoms with Gasteiger partial charge in [0.15, 0.2) is 0 Å². The molecule has 0 unspecified atom stereocenters. The van der Waals surface area contributed by atoms with Crippen molar-refractivity contribution in [3.05, 3.63) is 46.1 Å². The van der Waals surface area contributed by atoms with Crippen LogP contribution in [0.25, 0.3) is 0 Å². The minimum Gasteiger partial charge on any atom is -0.477 e. The summed E-state index contributed by atoms with van der Waals surface area (Å²) in [6, 6.07) is 0. The van der Waals surface area contributed by atoms with Crippen LogP contribution in [0.4, 0.5) is 0 Å². The number of carboxylic acids is 1. The first kappa shape index (κ1) is 26.7. The highest BCUT2D eigenvalue weighted by molar-refractivity contribution is 8.02. The summed E-state index contributed by atoms with van der Waals surface area (Å²) in [5.41, 5.74) is 3.78. The first-order valence-corrected chi connectivity index (χ1v) is 10.7. The largest absolute Gasteiger partial charge is 0.477 e. The number of carbonyl (C=O) groups excluding carboxylic acids is 2. The molecule has 0 bridgehead atoms. The maximum Gasteiger partial charge on any atom is 0.352 e. The van der Waals surface area contributed by atoms with Crippen molar-refractivity contribution in [2.45, 2.75) is 60.3 Å². The van der Waals surface area contributed by atoms with Gasteiger partial charge in [-0.2, -0.15) is 0 Å². The van der Waals surface area contributed by atoms with Crippen molar-refractivity contribution in [3.63, 3.8) is 0 Å². The van der Waals surface area contributed by atoms with Crippen LogP contribution in [0.1, 0.15) is 60.3 Å². The molecule has 0 aliphatic rings. The molecule has 2 amide bonds. The van der Waals surface area contributed by atoms with Gasteiger partial charge < -0.3 is 15.7 Å². The lowest BCUT2D eigenvalue weighted by Crippen LogP contribution is -2.37. The average Bonchev–Trinajstić information content (AvgIpc) is 2.61. The lowest BCUT2D eigenvalue weighted by atomic mass is 10.1. The van der Waals surface area contributed by atoms with Crippen molar-refractivity contribution in [2.24, 2.45) is 0 Å². The number of hydrogen-bond acceptors (Lipinski definition) is 4. The summed E-state index contributed by atoms with van der Waals surface area (Å²) >= 11 is 1.29. The van der Waals surface area contributed by atoms with Gasteiger partial charge in [0.25, 0.3) is 0 Å². The number of carbonyl (C=O) groups is 3. The molecule has 0 fully saturated rings. The minimum atomic E-state index is -1.22. The second-order valence-electron chi connectivity index (χ2n) is 7.09. The molecule has 0 saturated carbocycles. The molecule has 0 aromatic rings. The molecule has 0 rings (SSSR count). The van der Waals surface area contributed by atoms with Gasteiger partial charge in [-0.25, -0.2) is 4.79 Å².